The van der Waals surface area contributed by atoms with Crippen molar-refractivity contribution in [1.82, 2.24) is 10.6 Å². The van der Waals surface area contributed by atoms with Crippen LogP contribution in [-0.2, 0) is 10.2 Å². The number of hydrogen-bond acceptors (Lipinski definition) is 3. The van der Waals surface area contributed by atoms with E-state index in [1.54, 1.807) is 7.11 Å². The van der Waals surface area contributed by atoms with Crippen molar-refractivity contribution in [2.75, 3.05) is 33.9 Å². The van der Waals surface area contributed by atoms with E-state index in [4.69, 9.17) is 9.47 Å². The molecule has 0 atom stereocenters. The van der Waals surface area contributed by atoms with E-state index in [9.17, 15) is 0 Å². The number of benzene rings is 1. The molecule has 1 heterocycles. The maximum atomic E-state index is 5.60. The summed E-state index contributed by atoms with van der Waals surface area (Å²) in [6.07, 6.45) is 4.54. The molecule has 23 heavy (non-hydrogen) atoms. The predicted octanol–water partition coefficient (Wildman–Crippen LogP) is 2.07. The van der Waals surface area contributed by atoms with Crippen LogP contribution in [-0.4, -0.2) is 45.9 Å². The van der Waals surface area contributed by atoms with E-state index in [1.807, 2.05) is 19.2 Å². The molecule has 2 fully saturated rings. The lowest BCUT2D eigenvalue weighted by atomic mass is 9.74. The number of ether oxygens (including phenoxy) is 2. The summed E-state index contributed by atoms with van der Waals surface area (Å²) >= 11 is 0. The Labute approximate surface area is 138 Å². The Hall–Kier alpha value is -1.75. The van der Waals surface area contributed by atoms with Crippen LogP contribution < -0.4 is 15.4 Å². The smallest absolute Gasteiger partial charge is 0.191 e. The van der Waals surface area contributed by atoms with Crippen molar-refractivity contribution in [3.63, 3.8) is 0 Å². The zero-order valence-corrected chi connectivity index (χ0v) is 14.1. The van der Waals surface area contributed by atoms with Gasteiger partial charge in [-0.2, -0.15) is 0 Å². The second kappa shape index (κ2) is 7.21. The molecular weight excluding hydrogens is 290 g/mol. The van der Waals surface area contributed by atoms with E-state index >= 15 is 0 Å². The summed E-state index contributed by atoms with van der Waals surface area (Å²) in [5, 5.41) is 6.99. The first kappa shape index (κ1) is 16.1. The fraction of sp³-hybridized carbons (Fsp3) is 0.611. The molecule has 5 heteroatoms. The molecule has 0 aromatic heterocycles. The van der Waals surface area contributed by atoms with E-state index in [1.165, 1.54) is 18.4 Å². The third kappa shape index (κ3) is 3.96. The summed E-state index contributed by atoms with van der Waals surface area (Å²) in [4.78, 5) is 4.35. The van der Waals surface area contributed by atoms with Crippen LogP contribution in [0.4, 0.5) is 0 Å². The maximum absolute atomic E-state index is 5.60. The molecule has 0 amide bonds. The summed E-state index contributed by atoms with van der Waals surface area (Å²) < 4.78 is 10.9. The molecule has 0 unspecified atom stereocenters. The fourth-order valence-electron chi connectivity index (χ4n) is 3.14. The van der Waals surface area contributed by atoms with Crippen molar-refractivity contribution in [3.05, 3.63) is 29.8 Å². The minimum atomic E-state index is 0.0890. The monoisotopic (exact) mass is 317 g/mol. The highest BCUT2D eigenvalue weighted by Gasteiger charge is 2.35. The molecule has 0 radical (unpaired) electrons. The molecule has 2 N–H and O–H groups in total. The molecule has 1 saturated carbocycles. The number of nitrogens with one attached hydrogen (secondary N) is 2. The molecule has 1 saturated heterocycles. The van der Waals surface area contributed by atoms with Crippen LogP contribution in [0, 0.1) is 0 Å². The molecular formula is C18H27N3O2. The Morgan fingerprint density at radius 3 is 2.52 bits per heavy atom. The second-order valence-electron chi connectivity index (χ2n) is 6.47. The lowest BCUT2D eigenvalue weighted by molar-refractivity contribution is 0.0513. The Morgan fingerprint density at radius 1 is 1.26 bits per heavy atom. The highest BCUT2D eigenvalue weighted by Crippen LogP contribution is 2.35. The highest BCUT2D eigenvalue weighted by atomic mass is 16.5. The lowest BCUT2D eigenvalue weighted by Crippen LogP contribution is -2.48. The summed E-state index contributed by atoms with van der Waals surface area (Å²) in [7, 11) is 3.54. The van der Waals surface area contributed by atoms with E-state index in [0.717, 1.165) is 44.3 Å². The fourth-order valence-corrected chi connectivity index (χ4v) is 3.14. The molecule has 3 rings (SSSR count). The van der Waals surface area contributed by atoms with Crippen molar-refractivity contribution in [2.45, 2.75) is 37.1 Å². The van der Waals surface area contributed by atoms with Gasteiger partial charge in [-0.25, -0.2) is 0 Å². The van der Waals surface area contributed by atoms with E-state index in [-0.39, 0.29) is 5.41 Å². The third-order valence-corrected chi connectivity index (χ3v) is 4.89. The number of guanidine groups is 1. The van der Waals surface area contributed by atoms with Crippen LogP contribution in [0.5, 0.6) is 5.75 Å². The van der Waals surface area contributed by atoms with Gasteiger partial charge in [0.15, 0.2) is 5.96 Å². The Morgan fingerprint density at radius 2 is 1.96 bits per heavy atom. The SMILES string of the molecule is CN=C(NCC1(c2ccc(OC)cc2)CCOCC1)NC1CC1. The van der Waals surface area contributed by atoms with E-state index < -0.39 is 0 Å². The van der Waals surface area contributed by atoms with Crippen LogP contribution in [0.1, 0.15) is 31.2 Å². The summed E-state index contributed by atoms with van der Waals surface area (Å²) in [5.74, 6) is 1.81. The Balaban J connectivity index is 1.72. The average molecular weight is 317 g/mol. The van der Waals surface area contributed by atoms with Crippen molar-refractivity contribution >= 4 is 5.96 Å². The Kier molecular flexibility index (Phi) is 5.06. The zero-order valence-electron chi connectivity index (χ0n) is 14.1. The Bertz CT molecular complexity index is 532. The molecule has 1 aromatic carbocycles. The predicted molar refractivity (Wildman–Crippen MR) is 92.2 cm³/mol. The van der Waals surface area contributed by atoms with Crippen LogP contribution in [0.2, 0.25) is 0 Å². The molecule has 0 bridgehead atoms. The number of nitrogens with zero attached hydrogens (tertiary/aromatic N) is 1. The second-order valence-corrected chi connectivity index (χ2v) is 6.47. The molecule has 1 aromatic rings. The number of rotatable bonds is 5. The lowest BCUT2D eigenvalue weighted by Gasteiger charge is -2.38. The number of aliphatic imine (C=N–C) groups is 1. The number of methoxy groups -OCH3 is 1. The van der Waals surface area contributed by atoms with Gasteiger partial charge in [0.2, 0.25) is 0 Å². The minimum absolute atomic E-state index is 0.0890. The highest BCUT2D eigenvalue weighted by molar-refractivity contribution is 5.80. The van der Waals surface area contributed by atoms with E-state index in [0.29, 0.717) is 6.04 Å². The van der Waals surface area contributed by atoms with Gasteiger partial charge in [-0.05, 0) is 43.4 Å². The molecule has 0 spiro atoms. The topological polar surface area (TPSA) is 54.9 Å². The van der Waals surface area contributed by atoms with Crippen LogP contribution >= 0.6 is 0 Å². The van der Waals surface area contributed by atoms with Crippen LogP contribution in [0.3, 0.4) is 0 Å². The third-order valence-electron chi connectivity index (χ3n) is 4.89. The van der Waals surface area contributed by atoms with Gasteiger partial charge in [-0.1, -0.05) is 12.1 Å². The van der Waals surface area contributed by atoms with Crippen molar-refractivity contribution < 1.29 is 9.47 Å². The van der Waals surface area contributed by atoms with Gasteiger partial charge in [0, 0.05) is 38.3 Å². The van der Waals surface area contributed by atoms with Gasteiger partial charge >= 0.3 is 0 Å². The normalized spacial score (nSPS) is 20.9. The van der Waals surface area contributed by atoms with Crippen molar-refractivity contribution in [1.29, 1.82) is 0 Å². The van der Waals surface area contributed by atoms with E-state index in [2.05, 4.69) is 27.8 Å². The molecule has 2 aliphatic rings. The minimum Gasteiger partial charge on any atom is -0.497 e. The number of hydrogen-bond donors (Lipinski definition) is 2. The van der Waals surface area contributed by atoms with Crippen LogP contribution in [0.15, 0.2) is 29.3 Å². The van der Waals surface area contributed by atoms with Crippen molar-refractivity contribution in [2.24, 2.45) is 4.99 Å². The zero-order chi connectivity index (χ0) is 16.1. The van der Waals surface area contributed by atoms with Gasteiger partial charge < -0.3 is 20.1 Å². The summed E-state index contributed by atoms with van der Waals surface area (Å²) in [5.41, 5.74) is 1.43. The quantitative estimate of drug-likeness (QED) is 0.645. The van der Waals surface area contributed by atoms with Gasteiger partial charge in [-0.3, -0.25) is 4.99 Å². The van der Waals surface area contributed by atoms with Gasteiger partial charge in [0.1, 0.15) is 5.75 Å². The maximum Gasteiger partial charge on any atom is 0.191 e. The van der Waals surface area contributed by atoms with Gasteiger partial charge in [0.25, 0.3) is 0 Å². The van der Waals surface area contributed by atoms with Crippen molar-refractivity contribution in [3.8, 4) is 5.75 Å². The molecule has 1 aliphatic carbocycles. The van der Waals surface area contributed by atoms with Crippen LogP contribution in [0.25, 0.3) is 0 Å². The summed E-state index contributed by atoms with van der Waals surface area (Å²) in [6.45, 7) is 2.49. The molecule has 5 nitrogen and oxygen atoms in total. The first-order valence-electron chi connectivity index (χ1n) is 8.45. The van der Waals surface area contributed by atoms with Gasteiger partial charge in [-0.15, -0.1) is 0 Å². The first-order chi connectivity index (χ1) is 11.3. The standard InChI is InChI=1S/C18H27N3O2/c1-19-17(21-15-5-6-15)20-13-18(9-11-23-12-10-18)14-3-7-16(22-2)8-4-14/h3-4,7-8,15H,5-6,9-13H2,1-2H3,(H2,19,20,21). The molecule has 1 aliphatic heterocycles. The summed E-state index contributed by atoms with van der Waals surface area (Å²) in [6, 6.07) is 9.06. The average Bonchev–Trinajstić information content (AvgIpc) is 3.43. The largest absolute Gasteiger partial charge is 0.497 e. The van der Waals surface area contributed by atoms with Gasteiger partial charge in [0.05, 0.1) is 7.11 Å². The molecule has 126 valence electrons. The first-order valence-corrected chi connectivity index (χ1v) is 8.45.